The van der Waals surface area contributed by atoms with Gasteiger partial charge in [-0.05, 0) is 36.3 Å². The Morgan fingerprint density at radius 2 is 1.18 bits per heavy atom. The second-order valence-electron chi connectivity index (χ2n) is 10.1. The van der Waals surface area contributed by atoms with Gasteiger partial charge in [-0.15, -0.1) is 0 Å². The van der Waals surface area contributed by atoms with Crippen LogP contribution in [0.2, 0.25) is 0 Å². The largest absolute Gasteiger partial charge is 0.481 e. The second-order valence-corrected chi connectivity index (χ2v) is 10.1. The zero-order chi connectivity index (χ0) is 29.7. The zero-order valence-corrected chi connectivity index (χ0v) is 22.7. The van der Waals surface area contributed by atoms with Crippen LogP contribution < -0.4 is 21.7 Å². The van der Waals surface area contributed by atoms with E-state index in [1.807, 2.05) is 19.9 Å². The molecule has 0 spiro atoms. The van der Waals surface area contributed by atoms with Gasteiger partial charge in [0.2, 0.25) is 17.7 Å². The molecule has 0 bridgehead atoms. The molecule has 4 atom stereocenters. The summed E-state index contributed by atoms with van der Waals surface area (Å²) in [7, 11) is 0. The molecule has 11 heteroatoms. The van der Waals surface area contributed by atoms with Crippen molar-refractivity contribution in [3.8, 4) is 0 Å². The maximum absolute atomic E-state index is 13.3. The predicted octanol–water partition coefficient (Wildman–Crippen LogP) is 1.25. The Kier molecular flexibility index (Phi) is 12.8. The molecule has 2 rings (SSSR count). The Morgan fingerprint density at radius 3 is 1.68 bits per heavy atom. The Labute approximate surface area is 233 Å². The summed E-state index contributed by atoms with van der Waals surface area (Å²) in [6.45, 7) is 3.65. The van der Waals surface area contributed by atoms with Crippen LogP contribution in [0, 0.1) is 5.92 Å². The van der Waals surface area contributed by atoms with Crippen molar-refractivity contribution >= 4 is 29.7 Å². The molecule has 216 valence electrons. The molecule has 0 heterocycles. The number of carbonyl (C=O) groups excluding carboxylic acids is 3. The van der Waals surface area contributed by atoms with Gasteiger partial charge in [0.15, 0.2) is 0 Å². The predicted molar refractivity (Wildman–Crippen MR) is 148 cm³/mol. The molecule has 0 saturated carbocycles. The number of nitrogens with two attached hydrogens (primary N) is 1. The van der Waals surface area contributed by atoms with Crippen LogP contribution in [-0.4, -0.2) is 64.0 Å². The molecule has 2 aromatic carbocycles. The molecule has 0 aromatic heterocycles. The molecular formula is C29H38N4O7. The number of carboxylic acid groups (broad SMARTS) is 2. The molecule has 3 amide bonds. The normalized spacial score (nSPS) is 13.9. The minimum atomic E-state index is -1.29. The van der Waals surface area contributed by atoms with Gasteiger partial charge in [-0.3, -0.25) is 19.2 Å². The highest BCUT2D eigenvalue weighted by Crippen LogP contribution is 2.09. The van der Waals surface area contributed by atoms with Crippen LogP contribution in [0.1, 0.15) is 44.2 Å². The molecular weight excluding hydrogens is 516 g/mol. The fourth-order valence-corrected chi connectivity index (χ4v) is 4.07. The Morgan fingerprint density at radius 1 is 0.700 bits per heavy atom. The highest BCUT2D eigenvalue weighted by Gasteiger charge is 2.31. The number of carboxylic acids is 2. The molecule has 0 aliphatic heterocycles. The molecule has 0 saturated heterocycles. The quantitative estimate of drug-likeness (QED) is 0.179. The first-order valence-electron chi connectivity index (χ1n) is 13.1. The third kappa shape index (κ3) is 11.2. The van der Waals surface area contributed by atoms with Crippen LogP contribution in [0.5, 0.6) is 0 Å². The average molecular weight is 555 g/mol. The summed E-state index contributed by atoms with van der Waals surface area (Å²) in [4.78, 5) is 62.3. The summed E-state index contributed by atoms with van der Waals surface area (Å²) in [5.74, 6) is -4.54. The van der Waals surface area contributed by atoms with Gasteiger partial charge in [0, 0.05) is 12.8 Å². The summed E-state index contributed by atoms with van der Waals surface area (Å²) in [5, 5.41) is 26.4. The fourth-order valence-electron chi connectivity index (χ4n) is 4.07. The molecule has 0 aliphatic rings. The SMILES string of the molecule is CC(C)CC(NC(=O)C(Cc1ccccc1)NC(=O)C(CCC(=O)O)NC(=O)C(N)Cc1ccccc1)C(=O)O. The number of aliphatic carboxylic acids is 2. The van der Waals surface area contributed by atoms with Crippen molar-refractivity contribution in [1.82, 2.24) is 16.0 Å². The number of benzene rings is 2. The lowest BCUT2D eigenvalue weighted by Crippen LogP contribution is -2.58. The number of hydrogen-bond donors (Lipinski definition) is 6. The maximum Gasteiger partial charge on any atom is 0.326 e. The van der Waals surface area contributed by atoms with E-state index >= 15 is 0 Å². The first-order valence-corrected chi connectivity index (χ1v) is 13.1. The summed E-state index contributed by atoms with van der Waals surface area (Å²) in [6.07, 6.45) is -0.234. The van der Waals surface area contributed by atoms with Crippen LogP contribution >= 0.6 is 0 Å². The van der Waals surface area contributed by atoms with Gasteiger partial charge < -0.3 is 31.9 Å². The lowest BCUT2D eigenvalue weighted by molar-refractivity contribution is -0.142. The van der Waals surface area contributed by atoms with Crippen LogP contribution in [0.15, 0.2) is 60.7 Å². The van der Waals surface area contributed by atoms with Crippen LogP contribution in [0.3, 0.4) is 0 Å². The van der Waals surface area contributed by atoms with Crippen molar-refractivity contribution in [3.05, 3.63) is 71.8 Å². The van der Waals surface area contributed by atoms with Crippen molar-refractivity contribution in [2.75, 3.05) is 0 Å². The van der Waals surface area contributed by atoms with E-state index in [1.54, 1.807) is 54.6 Å². The van der Waals surface area contributed by atoms with Gasteiger partial charge in [-0.25, -0.2) is 4.79 Å². The average Bonchev–Trinajstić information content (AvgIpc) is 2.90. The molecule has 4 unspecified atom stereocenters. The number of carbonyl (C=O) groups is 5. The molecule has 11 nitrogen and oxygen atoms in total. The lowest BCUT2D eigenvalue weighted by Gasteiger charge is -2.25. The van der Waals surface area contributed by atoms with Crippen molar-refractivity contribution in [2.45, 2.75) is 70.1 Å². The Bertz CT molecular complexity index is 1140. The van der Waals surface area contributed by atoms with Gasteiger partial charge in [-0.1, -0.05) is 74.5 Å². The third-order valence-corrected chi connectivity index (χ3v) is 6.15. The van der Waals surface area contributed by atoms with E-state index in [2.05, 4.69) is 16.0 Å². The first-order chi connectivity index (χ1) is 19.0. The molecule has 0 fully saturated rings. The smallest absolute Gasteiger partial charge is 0.326 e. The molecule has 2 aromatic rings. The number of nitrogens with one attached hydrogen (secondary N) is 3. The molecule has 0 aliphatic carbocycles. The highest BCUT2D eigenvalue weighted by atomic mass is 16.4. The third-order valence-electron chi connectivity index (χ3n) is 6.15. The Balaban J connectivity index is 2.22. The van der Waals surface area contributed by atoms with E-state index in [9.17, 15) is 34.2 Å². The summed E-state index contributed by atoms with van der Waals surface area (Å²) >= 11 is 0. The van der Waals surface area contributed by atoms with E-state index < -0.39 is 60.2 Å². The standard InChI is InChI=1S/C29H38N4O7/c1-18(2)15-24(29(39)40)33-28(38)23(17-20-11-7-4-8-12-20)32-27(37)22(13-14-25(34)35)31-26(36)21(30)16-19-9-5-3-6-10-19/h3-12,18,21-24H,13-17,30H2,1-2H3,(H,31,36)(H,32,37)(H,33,38)(H,34,35)(H,39,40). The van der Waals surface area contributed by atoms with E-state index in [4.69, 9.17) is 5.73 Å². The van der Waals surface area contributed by atoms with E-state index in [0.29, 0.717) is 5.56 Å². The molecule has 0 radical (unpaired) electrons. The summed E-state index contributed by atoms with van der Waals surface area (Å²) in [6, 6.07) is 13.2. The molecule has 7 N–H and O–H groups in total. The molecule has 40 heavy (non-hydrogen) atoms. The van der Waals surface area contributed by atoms with Gasteiger partial charge in [0.1, 0.15) is 18.1 Å². The van der Waals surface area contributed by atoms with Crippen molar-refractivity contribution in [3.63, 3.8) is 0 Å². The Hall–Kier alpha value is -4.25. The number of amides is 3. The van der Waals surface area contributed by atoms with E-state index in [1.165, 1.54) is 0 Å². The summed E-state index contributed by atoms with van der Waals surface area (Å²) in [5.41, 5.74) is 7.56. The van der Waals surface area contributed by atoms with Gasteiger partial charge in [-0.2, -0.15) is 0 Å². The van der Waals surface area contributed by atoms with E-state index in [-0.39, 0.29) is 31.6 Å². The van der Waals surface area contributed by atoms with E-state index in [0.717, 1.165) is 5.56 Å². The van der Waals surface area contributed by atoms with Gasteiger partial charge in [0.05, 0.1) is 6.04 Å². The van der Waals surface area contributed by atoms with Crippen molar-refractivity contribution in [1.29, 1.82) is 0 Å². The number of hydrogen-bond acceptors (Lipinski definition) is 6. The van der Waals surface area contributed by atoms with Crippen molar-refractivity contribution < 1.29 is 34.2 Å². The van der Waals surface area contributed by atoms with Crippen molar-refractivity contribution in [2.24, 2.45) is 11.7 Å². The second kappa shape index (κ2) is 16.0. The summed E-state index contributed by atoms with van der Waals surface area (Å²) < 4.78 is 0. The topological polar surface area (TPSA) is 188 Å². The fraction of sp³-hybridized carbons (Fsp3) is 0.414. The number of rotatable bonds is 16. The first kappa shape index (κ1) is 32.0. The maximum atomic E-state index is 13.3. The lowest BCUT2D eigenvalue weighted by atomic mass is 10.0. The monoisotopic (exact) mass is 554 g/mol. The van der Waals surface area contributed by atoms with Gasteiger partial charge >= 0.3 is 11.9 Å². The van der Waals surface area contributed by atoms with Crippen LogP contribution in [0.25, 0.3) is 0 Å². The minimum absolute atomic E-state index is 0.0146. The van der Waals surface area contributed by atoms with Gasteiger partial charge in [0.25, 0.3) is 0 Å². The zero-order valence-electron chi connectivity index (χ0n) is 22.7. The van der Waals surface area contributed by atoms with Crippen LogP contribution in [-0.2, 0) is 36.8 Å². The highest BCUT2D eigenvalue weighted by molar-refractivity contribution is 5.94. The van der Waals surface area contributed by atoms with Crippen LogP contribution in [0.4, 0.5) is 0 Å². The minimum Gasteiger partial charge on any atom is -0.481 e.